The summed E-state index contributed by atoms with van der Waals surface area (Å²) in [6.07, 6.45) is 0.778. The van der Waals surface area contributed by atoms with E-state index in [0.29, 0.717) is 11.9 Å². The van der Waals surface area contributed by atoms with Crippen molar-refractivity contribution in [3.8, 4) is 0 Å². The van der Waals surface area contributed by atoms with Crippen molar-refractivity contribution in [2.24, 2.45) is 0 Å². The van der Waals surface area contributed by atoms with Gasteiger partial charge in [0, 0.05) is 6.54 Å². The molecule has 0 aliphatic carbocycles. The fourth-order valence-corrected chi connectivity index (χ4v) is 3.62. The summed E-state index contributed by atoms with van der Waals surface area (Å²) in [7, 11) is 0. The van der Waals surface area contributed by atoms with Crippen LogP contribution in [0.2, 0.25) is 0 Å². The Morgan fingerprint density at radius 2 is 1.88 bits per heavy atom. The van der Waals surface area contributed by atoms with Crippen LogP contribution in [-0.4, -0.2) is 16.4 Å². The van der Waals surface area contributed by atoms with Crippen LogP contribution in [0.15, 0.2) is 53.3 Å². The topological polar surface area (TPSA) is 51.1 Å². The second-order valence-corrected chi connectivity index (χ2v) is 6.94. The van der Waals surface area contributed by atoms with Crippen LogP contribution in [0.1, 0.15) is 24.1 Å². The Hall–Kier alpha value is -2.40. The molecular formula is C19H20N2O2S. The highest BCUT2D eigenvalue weighted by atomic mass is 32.1. The molecule has 0 bridgehead atoms. The number of aromatic nitrogens is 1. The van der Waals surface area contributed by atoms with Crippen molar-refractivity contribution in [1.82, 2.24) is 9.27 Å². The first kappa shape index (κ1) is 16.5. The normalized spacial score (nSPS) is 12.2. The van der Waals surface area contributed by atoms with Gasteiger partial charge in [0.2, 0.25) is 5.91 Å². The van der Waals surface area contributed by atoms with Crippen LogP contribution in [0.4, 0.5) is 0 Å². The number of aryl methyl sites for hydroxylation is 1. The van der Waals surface area contributed by atoms with Crippen LogP contribution in [0.5, 0.6) is 0 Å². The molecule has 1 unspecified atom stereocenters. The minimum Gasteiger partial charge on any atom is -0.354 e. The molecule has 5 heteroatoms. The second kappa shape index (κ2) is 7.01. The maximum absolute atomic E-state index is 12.4. The highest BCUT2D eigenvalue weighted by Gasteiger charge is 2.19. The number of hydrogen-bond acceptors (Lipinski definition) is 3. The van der Waals surface area contributed by atoms with E-state index >= 15 is 0 Å². The molecular weight excluding hydrogens is 320 g/mol. The van der Waals surface area contributed by atoms with E-state index < -0.39 is 6.04 Å². The zero-order valence-corrected chi connectivity index (χ0v) is 14.6. The maximum Gasteiger partial charge on any atom is 0.269 e. The van der Waals surface area contributed by atoms with Crippen molar-refractivity contribution in [1.29, 1.82) is 0 Å². The average Bonchev–Trinajstić information content (AvgIpc) is 2.93. The standard InChI is InChI=1S/C19H20N2O2S/c1-13-7-9-15(10-8-13)11-12-20-18(22)14(2)21-19(23)16-5-3-4-6-17(16)24-21/h3-10,14H,11-12H2,1-2H3,(H,20,22). The van der Waals surface area contributed by atoms with Crippen LogP contribution in [0, 0.1) is 6.92 Å². The van der Waals surface area contributed by atoms with Crippen molar-refractivity contribution < 1.29 is 4.79 Å². The Kier molecular flexibility index (Phi) is 4.81. The van der Waals surface area contributed by atoms with Gasteiger partial charge in [0.15, 0.2) is 0 Å². The van der Waals surface area contributed by atoms with Crippen LogP contribution in [0.3, 0.4) is 0 Å². The third kappa shape index (κ3) is 3.41. The summed E-state index contributed by atoms with van der Waals surface area (Å²) in [6.45, 7) is 4.37. The molecule has 0 saturated carbocycles. The largest absolute Gasteiger partial charge is 0.354 e. The molecule has 2 aromatic carbocycles. The summed E-state index contributed by atoms with van der Waals surface area (Å²) in [5.74, 6) is -0.129. The quantitative estimate of drug-likeness (QED) is 0.775. The molecule has 3 aromatic rings. The molecule has 0 aliphatic rings. The number of rotatable bonds is 5. The van der Waals surface area contributed by atoms with Gasteiger partial charge in [-0.3, -0.25) is 13.5 Å². The van der Waals surface area contributed by atoms with E-state index in [4.69, 9.17) is 0 Å². The van der Waals surface area contributed by atoms with Crippen LogP contribution < -0.4 is 10.9 Å². The molecule has 0 aliphatic heterocycles. The summed E-state index contributed by atoms with van der Waals surface area (Å²) < 4.78 is 2.45. The number of carbonyl (C=O) groups excluding carboxylic acids is 1. The van der Waals surface area contributed by atoms with Crippen molar-refractivity contribution >= 4 is 27.5 Å². The minimum absolute atomic E-state index is 0.100. The summed E-state index contributed by atoms with van der Waals surface area (Å²) in [5, 5.41) is 3.59. The SMILES string of the molecule is Cc1ccc(CCNC(=O)C(C)n2sc3ccccc3c2=O)cc1. The average molecular weight is 340 g/mol. The van der Waals surface area contributed by atoms with Gasteiger partial charge in [-0.2, -0.15) is 0 Å². The molecule has 0 spiro atoms. The lowest BCUT2D eigenvalue weighted by atomic mass is 10.1. The van der Waals surface area contributed by atoms with Gasteiger partial charge in [0.05, 0.1) is 10.1 Å². The first-order valence-electron chi connectivity index (χ1n) is 8.00. The van der Waals surface area contributed by atoms with Gasteiger partial charge in [0.25, 0.3) is 5.56 Å². The molecule has 0 fully saturated rings. The van der Waals surface area contributed by atoms with E-state index in [0.717, 1.165) is 11.1 Å². The summed E-state index contributed by atoms with van der Waals surface area (Å²) >= 11 is 1.34. The zero-order chi connectivity index (χ0) is 17.1. The Morgan fingerprint density at radius 3 is 2.58 bits per heavy atom. The molecule has 4 nitrogen and oxygen atoms in total. The predicted octanol–water partition coefficient (Wildman–Crippen LogP) is 3.29. The molecule has 1 N–H and O–H groups in total. The van der Waals surface area contributed by atoms with Crippen molar-refractivity contribution in [3.63, 3.8) is 0 Å². The molecule has 0 radical (unpaired) electrons. The van der Waals surface area contributed by atoms with Crippen LogP contribution >= 0.6 is 11.5 Å². The molecule has 124 valence electrons. The van der Waals surface area contributed by atoms with Gasteiger partial charge in [-0.05, 0) is 38.0 Å². The lowest BCUT2D eigenvalue weighted by Gasteiger charge is -2.12. The van der Waals surface area contributed by atoms with Gasteiger partial charge >= 0.3 is 0 Å². The molecule has 1 atom stereocenters. The Labute approximate surface area is 144 Å². The lowest BCUT2D eigenvalue weighted by molar-refractivity contribution is -0.123. The maximum atomic E-state index is 12.4. The van der Waals surface area contributed by atoms with Gasteiger partial charge < -0.3 is 5.32 Å². The molecule has 24 heavy (non-hydrogen) atoms. The van der Waals surface area contributed by atoms with Crippen LogP contribution in [0.25, 0.3) is 10.1 Å². The van der Waals surface area contributed by atoms with E-state index in [-0.39, 0.29) is 11.5 Å². The van der Waals surface area contributed by atoms with Gasteiger partial charge in [-0.15, -0.1) is 0 Å². The number of hydrogen-bond donors (Lipinski definition) is 1. The van der Waals surface area contributed by atoms with E-state index in [1.54, 1.807) is 16.9 Å². The summed E-state index contributed by atoms with van der Waals surface area (Å²) in [4.78, 5) is 24.7. The number of amides is 1. The molecule has 1 heterocycles. The number of benzene rings is 2. The minimum atomic E-state index is -0.507. The highest BCUT2D eigenvalue weighted by Crippen LogP contribution is 2.19. The monoisotopic (exact) mass is 340 g/mol. The highest BCUT2D eigenvalue weighted by molar-refractivity contribution is 7.14. The second-order valence-electron chi connectivity index (χ2n) is 5.92. The Morgan fingerprint density at radius 1 is 1.17 bits per heavy atom. The summed E-state index contributed by atoms with van der Waals surface area (Å²) in [5.41, 5.74) is 2.31. The van der Waals surface area contributed by atoms with Crippen molar-refractivity contribution in [3.05, 3.63) is 70.0 Å². The Bertz CT molecular complexity index is 909. The zero-order valence-electron chi connectivity index (χ0n) is 13.8. The first-order valence-corrected chi connectivity index (χ1v) is 8.77. The van der Waals surface area contributed by atoms with E-state index in [1.807, 2.05) is 18.2 Å². The third-order valence-corrected chi connectivity index (χ3v) is 5.31. The third-order valence-electron chi connectivity index (χ3n) is 4.08. The number of nitrogens with zero attached hydrogens (tertiary/aromatic N) is 1. The first-order chi connectivity index (χ1) is 11.6. The van der Waals surface area contributed by atoms with Crippen molar-refractivity contribution in [2.75, 3.05) is 6.54 Å². The fraction of sp³-hybridized carbons (Fsp3) is 0.263. The van der Waals surface area contributed by atoms with Crippen LogP contribution in [-0.2, 0) is 11.2 Å². The molecule has 3 rings (SSSR count). The lowest BCUT2D eigenvalue weighted by Crippen LogP contribution is -2.34. The molecule has 0 saturated heterocycles. The molecule has 1 amide bonds. The van der Waals surface area contributed by atoms with Gasteiger partial charge in [-0.25, -0.2) is 0 Å². The van der Waals surface area contributed by atoms with Gasteiger partial charge in [-0.1, -0.05) is 53.5 Å². The van der Waals surface area contributed by atoms with Crippen molar-refractivity contribution in [2.45, 2.75) is 26.3 Å². The molecule has 1 aromatic heterocycles. The number of carbonyl (C=O) groups is 1. The fourth-order valence-electron chi connectivity index (χ4n) is 2.58. The Balaban J connectivity index is 1.64. The van der Waals surface area contributed by atoms with Gasteiger partial charge in [0.1, 0.15) is 6.04 Å². The predicted molar refractivity (Wildman–Crippen MR) is 98.7 cm³/mol. The van der Waals surface area contributed by atoms with E-state index in [1.165, 1.54) is 22.7 Å². The smallest absolute Gasteiger partial charge is 0.269 e. The van der Waals surface area contributed by atoms with E-state index in [2.05, 4.69) is 36.5 Å². The van der Waals surface area contributed by atoms with E-state index in [9.17, 15) is 9.59 Å². The number of nitrogens with one attached hydrogen (secondary N) is 1. The summed E-state index contributed by atoms with van der Waals surface area (Å²) in [6, 6.07) is 15.2. The number of fused-ring (bicyclic) bond motifs is 1.